The molecule has 0 spiro atoms. The molecule has 1 N–H and O–H groups in total. The second kappa shape index (κ2) is 6.14. The highest BCUT2D eigenvalue weighted by atomic mass is 19.2. The summed E-state index contributed by atoms with van der Waals surface area (Å²) >= 11 is 0. The number of nitrogens with one attached hydrogen (secondary N) is 1. The van der Waals surface area contributed by atoms with E-state index in [9.17, 15) is 8.78 Å². The summed E-state index contributed by atoms with van der Waals surface area (Å²) in [5.41, 5.74) is 0. The van der Waals surface area contributed by atoms with Crippen molar-refractivity contribution in [3.05, 3.63) is 29.8 Å². The third-order valence-corrected chi connectivity index (χ3v) is 3.03. The highest BCUT2D eigenvalue weighted by Crippen LogP contribution is 2.22. The highest BCUT2D eigenvalue weighted by molar-refractivity contribution is 5.25. The first-order chi connectivity index (χ1) is 8.70. The van der Waals surface area contributed by atoms with Gasteiger partial charge in [0.25, 0.3) is 0 Å². The Morgan fingerprint density at radius 2 is 2.17 bits per heavy atom. The molecule has 18 heavy (non-hydrogen) atoms. The molecule has 0 aromatic heterocycles. The number of hydrogen-bond acceptors (Lipinski definition) is 2. The quantitative estimate of drug-likeness (QED) is 0.807. The van der Waals surface area contributed by atoms with Gasteiger partial charge < -0.3 is 10.1 Å². The third kappa shape index (κ3) is 3.67. The van der Waals surface area contributed by atoms with Crippen molar-refractivity contribution in [3.63, 3.8) is 0 Å². The molecule has 0 radical (unpaired) electrons. The van der Waals surface area contributed by atoms with Gasteiger partial charge in [0, 0.05) is 12.6 Å². The first-order valence-electron chi connectivity index (χ1n) is 6.54. The fourth-order valence-corrected chi connectivity index (χ4v) is 1.86. The Morgan fingerprint density at radius 1 is 1.39 bits per heavy atom. The van der Waals surface area contributed by atoms with Crippen LogP contribution in [0.2, 0.25) is 0 Å². The molecular formula is C14H19F2NO. The largest absolute Gasteiger partial charge is 0.486 e. The Hall–Kier alpha value is -1.16. The van der Waals surface area contributed by atoms with Gasteiger partial charge in [-0.1, -0.05) is 19.4 Å². The predicted octanol–water partition coefficient (Wildman–Crippen LogP) is 3.26. The van der Waals surface area contributed by atoms with Crippen LogP contribution in [-0.2, 0) is 0 Å². The average molecular weight is 255 g/mol. The summed E-state index contributed by atoms with van der Waals surface area (Å²) in [6, 6.07) is 4.62. The molecular weight excluding hydrogens is 236 g/mol. The number of benzene rings is 1. The van der Waals surface area contributed by atoms with E-state index in [-0.39, 0.29) is 11.9 Å². The van der Waals surface area contributed by atoms with Crippen LogP contribution < -0.4 is 10.1 Å². The molecule has 1 atom stereocenters. The first kappa shape index (κ1) is 13.3. The van der Waals surface area contributed by atoms with E-state index < -0.39 is 11.6 Å². The lowest BCUT2D eigenvalue weighted by molar-refractivity contribution is 0.176. The molecule has 100 valence electrons. The van der Waals surface area contributed by atoms with Crippen LogP contribution in [-0.4, -0.2) is 18.7 Å². The second-order valence-corrected chi connectivity index (χ2v) is 4.76. The van der Waals surface area contributed by atoms with Crippen LogP contribution in [0.1, 0.15) is 32.6 Å². The van der Waals surface area contributed by atoms with E-state index in [1.807, 2.05) is 0 Å². The van der Waals surface area contributed by atoms with E-state index in [2.05, 4.69) is 12.2 Å². The number of halogens is 2. The van der Waals surface area contributed by atoms with Crippen molar-refractivity contribution < 1.29 is 13.5 Å². The number of hydrogen-bond donors (Lipinski definition) is 1. The average Bonchev–Trinajstić information content (AvgIpc) is 3.16. The molecule has 0 aliphatic heterocycles. The van der Waals surface area contributed by atoms with Crippen LogP contribution in [0.4, 0.5) is 8.78 Å². The van der Waals surface area contributed by atoms with Crippen LogP contribution in [0, 0.1) is 11.6 Å². The topological polar surface area (TPSA) is 21.3 Å². The summed E-state index contributed by atoms with van der Waals surface area (Å²) in [6.07, 6.45) is 4.08. The van der Waals surface area contributed by atoms with Crippen molar-refractivity contribution in [1.82, 2.24) is 5.32 Å². The van der Waals surface area contributed by atoms with Crippen molar-refractivity contribution in [2.75, 3.05) is 6.54 Å². The van der Waals surface area contributed by atoms with E-state index in [0.29, 0.717) is 12.6 Å². The number of rotatable bonds is 7. The third-order valence-electron chi connectivity index (χ3n) is 3.03. The maximum atomic E-state index is 13.5. The Kier molecular flexibility index (Phi) is 4.53. The lowest BCUT2D eigenvalue weighted by Gasteiger charge is -2.19. The summed E-state index contributed by atoms with van der Waals surface area (Å²) in [4.78, 5) is 0. The molecule has 1 aromatic carbocycles. The van der Waals surface area contributed by atoms with Gasteiger partial charge in [0.1, 0.15) is 6.10 Å². The summed E-state index contributed by atoms with van der Waals surface area (Å²) in [7, 11) is 0. The zero-order valence-corrected chi connectivity index (χ0v) is 10.6. The predicted molar refractivity (Wildman–Crippen MR) is 66.7 cm³/mol. The van der Waals surface area contributed by atoms with Gasteiger partial charge >= 0.3 is 0 Å². The SMILES string of the molecule is CCCC(CNC1CC1)Oc1cccc(F)c1F. The van der Waals surface area contributed by atoms with E-state index in [0.717, 1.165) is 18.9 Å². The Morgan fingerprint density at radius 3 is 2.83 bits per heavy atom. The van der Waals surface area contributed by atoms with E-state index in [4.69, 9.17) is 4.74 Å². The van der Waals surface area contributed by atoms with Gasteiger partial charge in [0.2, 0.25) is 5.82 Å². The molecule has 0 heterocycles. The molecule has 1 saturated carbocycles. The van der Waals surface area contributed by atoms with Crippen molar-refractivity contribution in [2.24, 2.45) is 0 Å². The summed E-state index contributed by atoms with van der Waals surface area (Å²) < 4.78 is 32.1. The van der Waals surface area contributed by atoms with E-state index >= 15 is 0 Å². The number of ether oxygens (including phenoxy) is 1. The molecule has 0 bridgehead atoms. The Labute approximate surface area is 106 Å². The van der Waals surface area contributed by atoms with Crippen LogP contribution in [0.5, 0.6) is 5.75 Å². The van der Waals surface area contributed by atoms with Crippen LogP contribution in [0.3, 0.4) is 0 Å². The maximum absolute atomic E-state index is 13.5. The van der Waals surface area contributed by atoms with Crippen molar-refractivity contribution >= 4 is 0 Å². The van der Waals surface area contributed by atoms with E-state index in [1.165, 1.54) is 25.0 Å². The second-order valence-electron chi connectivity index (χ2n) is 4.76. The van der Waals surface area contributed by atoms with Gasteiger partial charge in [-0.3, -0.25) is 0 Å². The molecule has 0 saturated heterocycles. The normalized spacial score (nSPS) is 16.6. The van der Waals surface area contributed by atoms with Gasteiger partial charge in [0.05, 0.1) is 0 Å². The monoisotopic (exact) mass is 255 g/mol. The zero-order chi connectivity index (χ0) is 13.0. The molecule has 1 unspecified atom stereocenters. The standard InChI is InChI=1S/C14H19F2NO/c1-2-4-11(9-17-10-7-8-10)18-13-6-3-5-12(15)14(13)16/h3,5-6,10-11,17H,2,4,7-9H2,1H3. The van der Waals surface area contributed by atoms with Crippen LogP contribution in [0.15, 0.2) is 18.2 Å². The van der Waals surface area contributed by atoms with Gasteiger partial charge in [-0.25, -0.2) is 4.39 Å². The summed E-state index contributed by atoms with van der Waals surface area (Å²) in [6.45, 7) is 2.74. The fourth-order valence-electron chi connectivity index (χ4n) is 1.86. The molecule has 2 rings (SSSR count). The van der Waals surface area contributed by atoms with Crippen molar-refractivity contribution in [2.45, 2.75) is 44.8 Å². The molecule has 1 aliphatic carbocycles. The van der Waals surface area contributed by atoms with Gasteiger partial charge in [-0.2, -0.15) is 4.39 Å². The van der Waals surface area contributed by atoms with Crippen LogP contribution >= 0.6 is 0 Å². The first-order valence-corrected chi connectivity index (χ1v) is 6.54. The minimum atomic E-state index is -0.898. The van der Waals surface area contributed by atoms with E-state index in [1.54, 1.807) is 0 Å². The van der Waals surface area contributed by atoms with Gasteiger partial charge in [-0.05, 0) is 31.4 Å². The van der Waals surface area contributed by atoms with Crippen LogP contribution in [0.25, 0.3) is 0 Å². The minimum absolute atomic E-state index is 0.00560. The lowest BCUT2D eigenvalue weighted by atomic mass is 10.2. The molecule has 2 nitrogen and oxygen atoms in total. The zero-order valence-electron chi connectivity index (χ0n) is 10.6. The summed E-state index contributed by atoms with van der Waals surface area (Å²) in [5, 5.41) is 3.35. The molecule has 1 aromatic rings. The maximum Gasteiger partial charge on any atom is 0.200 e. The molecule has 0 amide bonds. The van der Waals surface area contributed by atoms with Crippen molar-refractivity contribution in [3.8, 4) is 5.75 Å². The Bertz CT molecular complexity index is 393. The lowest BCUT2D eigenvalue weighted by Crippen LogP contribution is -2.32. The molecule has 4 heteroatoms. The van der Waals surface area contributed by atoms with Gasteiger partial charge in [0.15, 0.2) is 11.6 Å². The highest BCUT2D eigenvalue weighted by Gasteiger charge is 2.22. The summed E-state index contributed by atoms with van der Waals surface area (Å²) in [5.74, 6) is -1.76. The minimum Gasteiger partial charge on any atom is -0.486 e. The fraction of sp³-hybridized carbons (Fsp3) is 0.571. The molecule has 1 aliphatic rings. The smallest absolute Gasteiger partial charge is 0.200 e. The van der Waals surface area contributed by atoms with Gasteiger partial charge in [-0.15, -0.1) is 0 Å². The van der Waals surface area contributed by atoms with Crippen molar-refractivity contribution in [1.29, 1.82) is 0 Å². The Balaban J connectivity index is 1.95. The molecule has 1 fully saturated rings.